The summed E-state index contributed by atoms with van der Waals surface area (Å²) in [6.07, 6.45) is 0. The molecule has 0 bridgehead atoms. The summed E-state index contributed by atoms with van der Waals surface area (Å²) in [5, 5.41) is 3.21. The Morgan fingerprint density at radius 1 is 0.974 bits per heavy atom. The monoisotopic (exact) mass is 633 g/mol. The van der Waals surface area contributed by atoms with Gasteiger partial charge >= 0.3 is 0 Å². The maximum absolute atomic E-state index is 13.9. The molecule has 10 heteroatoms. The van der Waals surface area contributed by atoms with Crippen molar-refractivity contribution in [3.05, 3.63) is 93.4 Å². The summed E-state index contributed by atoms with van der Waals surface area (Å²) >= 11 is 9.65. The Bertz CT molecular complexity index is 1410. The molecule has 39 heavy (non-hydrogen) atoms. The van der Waals surface area contributed by atoms with Crippen molar-refractivity contribution in [2.24, 2.45) is 5.92 Å². The van der Waals surface area contributed by atoms with Crippen molar-refractivity contribution in [3.63, 3.8) is 0 Å². The number of sulfonamides is 1. The lowest BCUT2D eigenvalue weighted by Crippen LogP contribution is -2.51. The van der Waals surface area contributed by atoms with Gasteiger partial charge < -0.3 is 10.2 Å². The zero-order chi connectivity index (χ0) is 28.7. The molecule has 7 nitrogen and oxygen atoms in total. The lowest BCUT2D eigenvalue weighted by molar-refractivity contribution is -0.139. The average molecular weight is 635 g/mol. The molecule has 0 unspecified atom stereocenters. The average Bonchev–Trinajstić information content (AvgIpc) is 2.88. The van der Waals surface area contributed by atoms with E-state index < -0.39 is 28.5 Å². The standard InChI is InChI=1S/C29H33BrClN3O4S/c1-20(2)17-32-29(36)22(4)33(18-23-7-5-8-24(30)15-23)28(35)19-34(26-10-6-9-25(31)16-26)39(37,38)27-13-11-21(3)12-14-27/h5-16,20,22H,17-19H2,1-4H3,(H,32,36)/t22-/m1/s1. The Morgan fingerprint density at radius 2 is 1.64 bits per heavy atom. The fourth-order valence-electron chi connectivity index (χ4n) is 3.86. The summed E-state index contributed by atoms with van der Waals surface area (Å²) in [4.78, 5) is 28.4. The van der Waals surface area contributed by atoms with Gasteiger partial charge in [0.25, 0.3) is 10.0 Å². The lowest BCUT2D eigenvalue weighted by Gasteiger charge is -2.32. The molecule has 0 aliphatic heterocycles. The van der Waals surface area contributed by atoms with Crippen LogP contribution >= 0.6 is 27.5 Å². The Kier molecular flexibility index (Phi) is 10.6. The molecule has 208 valence electrons. The molecule has 2 amide bonds. The van der Waals surface area contributed by atoms with Crippen LogP contribution < -0.4 is 9.62 Å². The van der Waals surface area contributed by atoms with Crippen LogP contribution in [-0.2, 0) is 26.2 Å². The van der Waals surface area contributed by atoms with E-state index in [2.05, 4.69) is 21.2 Å². The fraction of sp³-hybridized carbons (Fsp3) is 0.310. The first kappa shape index (κ1) is 30.7. The van der Waals surface area contributed by atoms with E-state index in [1.807, 2.05) is 45.0 Å². The van der Waals surface area contributed by atoms with E-state index in [0.717, 1.165) is 19.9 Å². The maximum Gasteiger partial charge on any atom is 0.264 e. The van der Waals surface area contributed by atoms with Gasteiger partial charge in [0.15, 0.2) is 0 Å². The summed E-state index contributed by atoms with van der Waals surface area (Å²) in [6.45, 7) is 7.51. The molecule has 0 aliphatic carbocycles. The maximum atomic E-state index is 13.9. The fourth-order valence-corrected chi connectivity index (χ4v) is 5.90. The van der Waals surface area contributed by atoms with E-state index in [-0.39, 0.29) is 29.0 Å². The zero-order valence-corrected chi connectivity index (χ0v) is 25.6. The van der Waals surface area contributed by atoms with E-state index in [1.54, 1.807) is 37.3 Å². The van der Waals surface area contributed by atoms with Crippen LogP contribution in [0.2, 0.25) is 5.02 Å². The van der Waals surface area contributed by atoms with Gasteiger partial charge in [0.1, 0.15) is 12.6 Å². The normalized spacial score (nSPS) is 12.2. The van der Waals surface area contributed by atoms with Gasteiger partial charge in [-0.3, -0.25) is 13.9 Å². The molecule has 1 atom stereocenters. The minimum absolute atomic E-state index is 0.0436. The molecule has 0 aliphatic rings. The van der Waals surface area contributed by atoms with E-state index in [9.17, 15) is 18.0 Å². The van der Waals surface area contributed by atoms with Crippen LogP contribution in [0.1, 0.15) is 31.9 Å². The summed E-state index contributed by atoms with van der Waals surface area (Å²) in [7, 11) is -4.14. The number of benzene rings is 3. The van der Waals surface area contributed by atoms with Crippen LogP contribution in [0, 0.1) is 12.8 Å². The topological polar surface area (TPSA) is 86.8 Å². The molecule has 0 saturated heterocycles. The van der Waals surface area contributed by atoms with Gasteiger partial charge in [0, 0.05) is 22.6 Å². The van der Waals surface area contributed by atoms with Gasteiger partial charge in [-0.25, -0.2) is 8.42 Å². The molecule has 0 saturated carbocycles. The van der Waals surface area contributed by atoms with E-state index >= 15 is 0 Å². The minimum Gasteiger partial charge on any atom is -0.354 e. The Morgan fingerprint density at radius 3 is 2.26 bits per heavy atom. The molecule has 0 fully saturated rings. The SMILES string of the molecule is Cc1ccc(S(=O)(=O)N(CC(=O)N(Cc2cccc(Br)c2)[C@H](C)C(=O)NCC(C)C)c2cccc(Cl)c2)cc1. The summed E-state index contributed by atoms with van der Waals surface area (Å²) in [6, 6.07) is 19.3. The van der Waals surface area contributed by atoms with Crippen LogP contribution in [0.5, 0.6) is 0 Å². The smallest absolute Gasteiger partial charge is 0.264 e. The van der Waals surface area contributed by atoms with E-state index in [0.29, 0.717) is 11.6 Å². The first-order chi connectivity index (χ1) is 18.4. The first-order valence-electron chi connectivity index (χ1n) is 12.5. The number of carbonyl (C=O) groups excluding carboxylic acids is 2. The van der Waals surface area contributed by atoms with Crippen molar-refractivity contribution in [3.8, 4) is 0 Å². The Balaban J connectivity index is 2.01. The molecule has 3 aromatic rings. The number of nitrogens with zero attached hydrogens (tertiary/aromatic N) is 2. The first-order valence-corrected chi connectivity index (χ1v) is 15.2. The van der Waals surface area contributed by atoms with Crippen LogP contribution in [0.25, 0.3) is 0 Å². The van der Waals surface area contributed by atoms with Crippen LogP contribution in [0.15, 0.2) is 82.2 Å². The van der Waals surface area contributed by atoms with Crippen molar-refractivity contribution < 1.29 is 18.0 Å². The van der Waals surface area contributed by atoms with Crippen LogP contribution in [0.3, 0.4) is 0 Å². The van der Waals surface area contributed by atoms with Crippen molar-refractivity contribution >= 4 is 55.1 Å². The zero-order valence-electron chi connectivity index (χ0n) is 22.4. The number of halogens is 2. The highest BCUT2D eigenvalue weighted by Crippen LogP contribution is 2.27. The minimum atomic E-state index is -4.14. The number of hydrogen-bond acceptors (Lipinski definition) is 4. The van der Waals surface area contributed by atoms with Gasteiger partial charge in [0.05, 0.1) is 10.6 Å². The quantitative estimate of drug-likeness (QED) is 0.289. The van der Waals surface area contributed by atoms with Gasteiger partial charge in [0.2, 0.25) is 11.8 Å². The third-order valence-electron chi connectivity index (χ3n) is 6.08. The molecule has 3 rings (SSSR count). The number of amides is 2. The highest BCUT2D eigenvalue weighted by molar-refractivity contribution is 9.10. The number of aryl methyl sites for hydroxylation is 1. The Hall–Kier alpha value is -2.88. The second-order valence-corrected chi connectivity index (χ2v) is 13.0. The number of anilines is 1. The molecule has 0 aromatic heterocycles. The van der Waals surface area contributed by atoms with Crippen molar-refractivity contribution in [2.75, 3.05) is 17.4 Å². The lowest BCUT2D eigenvalue weighted by atomic mass is 10.1. The number of carbonyl (C=O) groups is 2. The second-order valence-electron chi connectivity index (χ2n) is 9.77. The number of rotatable bonds is 11. The third kappa shape index (κ3) is 8.30. The predicted molar refractivity (Wildman–Crippen MR) is 159 cm³/mol. The van der Waals surface area contributed by atoms with Gasteiger partial charge in [-0.15, -0.1) is 0 Å². The van der Waals surface area contributed by atoms with Crippen molar-refractivity contribution in [2.45, 2.75) is 45.2 Å². The molecule has 3 aromatic carbocycles. The van der Waals surface area contributed by atoms with Gasteiger partial charge in [-0.1, -0.05) is 77.3 Å². The molecule has 0 spiro atoms. The largest absolute Gasteiger partial charge is 0.354 e. The summed E-state index contributed by atoms with van der Waals surface area (Å²) in [5.41, 5.74) is 1.94. The van der Waals surface area contributed by atoms with E-state index in [4.69, 9.17) is 11.6 Å². The highest BCUT2D eigenvalue weighted by atomic mass is 79.9. The van der Waals surface area contributed by atoms with Crippen molar-refractivity contribution in [1.82, 2.24) is 10.2 Å². The molecular formula is C29H33BrClN3O4S. The third-order valence-corrected chi connectivity index (χ3v) is 8.59. The number of hydrogen-bond donors (Lipinski definition) is 1. The molecule has 1 N–H and O–H groups in total. The molecular weight excluding hydrogens is 602 g/mol. The van der Waals surface area contributed by atoms with Crippen molar-refractivity contribution in [1.29, 1.82) is 0 Å². The van der Waals surface area contributed by atoms with Gasteiger partial charge in [-0.2, -0.15) is 0 Å². The second kappa shape index (κ2) is 13.5. The van der Waals surface area contributed by atoms with Gasteiger partial charge in [-0.05, 0) is 67.8 Å². The molecule has 0 radical (unpaired) electrons. The van der Waals surface area contributed by atoms with Crippen LogP contribution in [0.4, 0.5) is 5.69 Å². The Labute approximate surface area is 244 Å². The number of nitrogens with one attached hydrogen (secondary N) is 1. The summed E-state index contributed by atoms with van der Waals surface area (Å²) < 4.78 is 29.5. The summed E-state index contributed by atoms with van der Waals surface area (Å²) in [5.74, 6) is -0.617. The van der Waals surface area contributed by atoms with Crippen LogP contribution in [-0.4, -0.2) is 44.3 Å². The predicted octanol–water partition coefficient (Wildman–Crippen LogP) is 5.80. The highest BCUT2D eigenvalue weighted by Gasteiger charge is 2.32. The van der Waals surface area contributed by atoms with E-state index in [1.165, 1.54) is 23.1 Å². The molecule has 0 heterocycles.